The minimum absolute atomic E-state index is 0.0528. The predicted molar refractivity (Wildman–Crippen MR) is 124 cm³/mol. The number of rotatable bonds is 10. The highest BCUT2D eigenvalue weighted by molar-refractivity contribution is 5.90. The summed E-state index contributed by atoms with van der Waals surface area (Å²) in [7, 11) is 0. The van der Waals surface area contributed by atoms with E-state index in [4.69, 9.17) is 13.9 Å². The predicted octanol–water partition coefficient (Wildman–Crippen LogP) is 6.06. The Morgan fingerprint density at radius 3 is 2.61 bits per heavy atom. The van der Waals surface area contributed by atoms with Crippen LogP contribution in [0.1, 0.15) is 32.6 Å². The van der Waals surface area contributed by atoms with Crippen LogP contribution in [0.2, 0.25) is 0 Å². The van der Waals surface area contributed by atoms with Crippen LogP contribution in [0.5, 0.6) is 5.75 Å². The number of aromatic nitrogens is 1. The molecule has 1 aromatic heterocycles. The van der Waals surface area contributed by atoms with Crippen molar-refractivity contribution >= 4 is 33.5 Å². The van der Waals surface area contributed by atoms with Gasteiger partial charge in [-0.2, -0.15) is 0 Å². The van der Waals surface area contributed by atoms with Crippen molar-refractivity contribution in [2.24, 2.45) is 0 Å². The van der Waals surface area contributed by atoms with Gasteiger partial charge in [-0.05, 0) is 55.2 Å². The Morgan fingerprint density at radius 1 is 1.06 bits per heavy atom. The molecule has 0 aliphatic heterocycles. The average molecular weight is 448 g/mol. The zero-order valence-corrected chi connectivity index (χ0v) is 18.3. The number of carbonyl (C=O) groups is 1. The summed E-state index contributed by atoms with van der Waals surface area (Å²) in [5.74, 6) is 0.792. The number of unbranched alkanes of at least 4 members (excludes halogenated alkanes) is 2. The Balaban J connectivity index is 1.54. The second-order valence-corrected chi connectivity index (χ2v) is 7.59. The van der Waals surface area contributed by atoms with Crippen LogP contribution in [0.25, 0.3) is 33.3 Å². The third-order valence-electron chi connectivity index (χ3n) is 5.25. The van der Waals surface area contributed by atoms with Gasteiger partial charge in [-0.3, -0.25) is 14.9 Å². The highest BCUT2D eigenvalue weighted by Gasteiger charge is 2.17. The van der Waals surface area contributed by atoms with Crippen LogP contribution >= 0.6 is 0 Å². The van der Waals surface area contributed by atoms with E-state index in [0.717, 1.165) is 30.0 Å². The van der Waals surface area contributed by atoms with Gasteiger partial charge in [0.25, 0.3) is 5.69 Å². The van der Waals surface area contributed by atoms with E-state index in [1.165, 1.54) is 12.1 Å². The molecule has 0 bridgehead atoms. The first-order chi connectivity index (χ1) is 16.0. The molecule has 33 heavy (non-hydrogen) atoms. The molecule has 0 saturated heterocycles. The Hall–Kier alpha value is -3.94. The fraction of sp³-hybridized carbons (Fsp3) is 0.280. The van der Waals surface area contributed by atoms with Crippen LogP contribution in [0.3, 0.4) is 0 Å². The smallest absolute Gasteiger partial charge is 0.305 e. The molecule has 4 rings (SSSR count). The third-order valence-corrected chi connectivity index (χ3v) is 5.25. The molecule has 170 valence electrons. The number of esters is 1. The number of carbonyl (C=O) groups excluding carboxylic acids is 1. The Bertz CT molecular complexity index is 1300. The summed E-state index contributed by atoms with van der Waals surface area (Å²) < 4.78 is 16.9. The summed E-state index contributed by atoms with van der Waals surface area (Å²) in [6.45, 7) is 2.67. The fourth-order valence-corrected chi connectivity index (χ4v) is 3.61. The molecule has 0 atom stereocenters. The number of nitrogens with zero attached hydrogens (tertiary/aromatic N) is 2. The van der Waals surface area contributed by atoms with Gasteiger partial charge in [0.2, 0.25) is 5.89 Å². The van der Waals surface area contributed by atoms with Gasteiger partial charge >= 0.3 is 5.97 Å². The normalized spacial score (nSPS) is 11.1. The van der Waals surface area contributed by atoms with Gasteiger partial charge in [-0.25, -0.2) is 4.98 Å². The summed E-state index contributed by atoms with van der Waals surface area (Å²) in [5, 5.41) is 13.1. The van der Waals surface area contributed by atoms with Crippen molar-refractivity contribution in [2.75, 3.05) is 13.2 Å². The van der Waals surface area contributed by atoms with Gasteiger partial charge in [0.15, 0.2) is 5.58 Å². The van der Waals surface area contributed by atoms with Crippen LogP contribution in [0, 0.1) is 10.1 Å². The molecule has 0 saturated carbocycles. The zero-order chi connectivity index (χ0) is 23.2. The highest BCUT2D eigenvalue weighted by atomic mass is 16.6. The monoisotopic (exact) mass is 448 g/mol. The lowest BCUT2D eigenvalue weighted by atomic mass is 10.1. The fourth-order valence-electron chi connectivity index (χ4n) is 3.61. The van der Waals surface area contributed by atoms with Gasteiger partial charge < -0.3 is 13.9 Å². The van der Waals surface area contributed by atoms with E-state index in [-0.39, 0.29) is 11.7 Å². The molecule has 1 heterocycles. The van der Waals surface area contributed by atoms with E-state index in [1.54, 1.807) is 13.0 Å². The van der Waals surface area contributed by atoms with Crippen molar-refractivity contribution in [2.45, 2.75) is 32.6 Å². The van der Waals surface area contributed by atoms with E-state index >= 15 is 0 Å². The molecule has 0 radical (unpaired) electrons. The van der Waals surface area contributed by atoms with Gasteiger partial charge in [0, 0.05) is 12.5 Å². The lowest BCUT2D eigenvalue weighted by Gasteiger charge is -2.11. The van der Waals surface area contributed by atoms with Gasteiger partial charge in [-0.15, -0.1) is 0 Å². The number of non-ortho nitro benzene ring substituents is 1. The number of benzene rings is 3. The number of fused-ring (bicyclic) bond motifs is 2. The first-order valence-electron chi connectivity index (χ1n) is 10.9. The number of nitro benzene ring substituents is 1. The SMILES string of the molecule is CCOC(=O)CCCCCOc1cc2ccccc2cc1-c1nc2ccc([N+](=O)[O-])cc2o1. The zero-order valence-electron chi connectivity index (χ0n) is 18.3. The maximum atomic E-state index is 11.4. The maximum Gasteiger partial charge on any atom is 0.305 e. The Labute approximate surface area is 190 Å². The first-order valence-corrected chi connectivity index (χ1v) is 10.9. The summed E-state index contributed by atoms with van der Waals surface area (Å²) >= 11 is 0. The minimum atomic E-state index is -0.464. The molecule has 0 spiro atoms. The molecular weight excluding hydrogens is 424 g/mol. The number of ether oxygens (including phenoxy) is 2. The van der Waals surface area contributed by atoms with Crippen LogP contribution in [0.15, 0.2) is 59.0 Å². The molecule has 0 aliphatic rings. The van der Waals surface area contributed by atoms with Gasteiger partial charge in [0.1, 0.15) is 11.3 Å². The number of hydrogen-bond acceptors (Lipinski definition) is 7. The summed E-state index contributed by atoms with van der Waals surface area (Å²) in [6.07, 6.45) is 2.78. The van der Waals surface area contributed by atoms with Crippen LogP contribution in [-0.4, -0.2) is 29.1 Å². The number of oxazole rings is 1. The molecule has 0 aliphatic carbocycles. The van der Waals surface area contributed by atoms with E-state index in [1.807, 2.05) is 36.4 Å². The molecule has 0 N–H and O–H groups in total. The van der Waals surface area contributed by atoms with E-state index in [0.29, 0.717) is 47.9 Å². The standard InChI is InChI=1S/C25H24N2O6/c1-2-31-24(28)10-4-3-7-13-32-22-15-18-9-6-5-8-17(18)14-20(22)25-26-21-12-11-19(27(29)30)16-23(21)33-25/h5-6,8-9,11-12,14-16H,2-4,7,10,13H2,1H3. The van der Waals surface area contributed by atoms with Gasteiger partial charge in [0.05, 0.1) is 29.8 Å². The number of hydrogen-bond donors (Lipinski definition) is 0. The molecule has 0 unspecified atom stereocenters. The molecule has 8 heteroatoms. The molecule has 3 aromatic carbocycles. The summed E-state index contributed by atoms with van der Waals surface area (Å²) in [6, 6.07) is 16.1. The molecule has 0 fully saturated rings. The molecule has 8 nitrogen and oxygen atoms in total. The van der Waals surface area contributed by atoms with Crippen LogP contribution in [-0.2, 0) is 9.53 Å². The second kappa shape index (κ2) is 10.1. The van der Waals surface area contributed by atoms with Crippen molar-refractivity contribution in [1.82, 2.24) is 4.98 Å². The summed E-state index contributed by atoms with van der Waals surface area (Å²) in [5.41, 5.74) is 1.51. The van der Waals surface area contributed by atoms with Crippen molar-refractivity contribution in [3.8, 4) is 17.2 Å². The third kappa shape index (κ3) is 5.28. The van der Waals surface area contributed by atoms with E-state index in [9.17, 15) is 14.9 Å². The lowest BCUT2D eigenvalue weighted by molar-refractivity contribution is -0.384. The second-order valence-electron chi connectivity index (χ2n) is 7.59. The highest BCUT2D eigenvalue weighted by Crippen LogP contribution is 2.36. The van der Waals surface area contributed by atoms with Crippen molar-refractivity contribution < 1.29 is 23.6 Å². The van der Waals surface area contributed by atoms with E-state index in [2.05, 4.69) is 4.98 Å². The van der Waals surface area contributed by atoms with Crippen molar-refractivity contribution in [3.05, 3.63) is 64.7 Å². The largest absolute Gasteiger partial charge is 0.493 e. The molecule has 0 amide bonds. The average Bonchev–Trinajstić information content (AvgIpc) is 3.24. The van der Waals surface area contributed by atoms with Crippen molar-refractivity contribution in [1.29, 1.82) is 0 Å². The van der Waals surface area contributed by atoms with E-state index < -0.39 is 4.92 Å². The van der Waals surface area contributed by atoms with Crippen LogP contribution < -0.4 is 4.74 Å². The summed E-state index contributed by atoms with van der Waals surface area (Å²) in [4.78, 5) is 26.6. The maximum absolute atomic E-state index is 11.4. The Kier molecular flexibility index (Phi) is 6.83. The van der Waals surface area contributed by atoms with Gasteiger partial charge in [-0.1, -0.05) is 24.3 Å². The van der Waals surface area contributed by atoms with Crippen molar-refractivity contribution in [3.63, 3.8) is 0 Å². The first kappa shape index (κ1) is 22.3. The molecular formula is C25H24N2O6. The lowest BCUT2D eigenvalue weighted by Crippen LogP contribution is -2.04. The topological polar surface area (TPSA) is 105 Å². The molecule has 4 aromatic rings. The minimum Gasteiger partial charge on any atom is -0.493 e. The Morgan fingerprint density at radius 2 is 1.85 bits per heavy atom. The van der Waals surface area contributed by atoms with Crippen LogP contribution in [0.4, 0.5) is 5.69 Å². The number of nitro groups is 1. The quantitative estimate of drug-likeness (QED) is 0.126.